The van der Waals surface area contributed by atoms with Gasteiger partial charge in [-0.25, -0.2) is 4.98 Å². The number of nitrogens with zero attached hydrogens (tertiary/aromatic N) is 4. The van der Waals surface area contributed by atoms with E-state index in [2.05, 4.69) is 83.9 Å². The van der Waals surface area contributed by atoms with E-state index in [1.807, 2.05) is 29.2 Å². The maximum atomic E-state index is 13.7. The molecule has 5 rings (SSSR count). The summed E-state index contributed by atoms with van der Waals surface area (Å²) in [6.07, 6.45) is 4.05. The molecule has 7 heteroatoms. The van der Waals surface area contributed by atoms with E-state index in [0.29, 0.717) is 24.3 Å². The zero-order chi connectivity index (χ0) is 25.1. The lowest BCUT2D eigenvalue weighted by molar-refractivity contribution is 0.0737. The van der Waals surface area contributed by atoms with Crippen LogP contribution in [0.3, 0.4) is 0 Å². The monoisotopic (exact) mass is 480 g/mol. The van der Waals surface area contributed by atoms with Gasteiger partial charge in [-0.1, -0.05) is 60.2 Å². The number of fused-ring (bicyclic) bond motifs is 1. The molecule has 1 fully saturated rings. The van der Waals surface area contributed by atoms with Crippen LogP contribution in [0.4, 0.5) is 0 Å². The summed E-state index contributed by atoms with van der Waals surface area (Å²) < 4.78 is 0. The maximum absolute atomic E-state index is 13.7. The number of aromatic nitrogens is 3. The van der Waals surface area contributed by atoms with E-state index in [1.165, 1.54) is 11.1 Å². The van der Waals surface area contributed by atoms with Gasteiger partial charge >= 0.3 is 0 Å². The number of H-pyrrole nitrogens is 1. The molecule has 0 atom stereocenters. The second-order valence-electron chi connectivity index (χ2n) is 9.62. The highest BCUT2D eigenvalue weighted by atomic mass is 16.2. The molecule has 184 valence electrons. The normalized spacial score (nSPS) is 14.3. The van der Waals surface area contributed by atoms with E-state index in [4.69, 9.17) is 4.98 Å². The Bertz CT molecular complexity index is 1400. The number of benzene rings is 2. The highest BCUT2D eigenvalue weighted by Gasteiger charge is 2.24. The summed E-state index contributed by atoms with van der Waals surface area (Å²) in [7, 11) is 4.13. The van der Waals surface area contributed by atoms with E-state index in [1.54, 1.807) is 0 Å². The SMILES string of the molecule is Cc1ccc(-c2cc(C(=O)N3CCNCC3)c3c(/C=C/c4cccc(CN(C)C)c4)[nH]nc3n2)cc1. The molecule has 0 spiro atoms. The molecule has 0 bridgehead atoms. The van der Waals surface area contributed by atoms with Crippen LogP contribution in [0.2, 0.25) is 0 Å². The van der Waals surface area contributed by atoms with Crippen molar-refractivity contribution >= 4 is 29.1 Å². The van der Waals surface area contributed by atoms with Crippen molar-refractivity contribution in [1.29, 1.82) is 0 Å². The van der Waals surface area contributed by atoms with Gasteiger partial charge < -0.3 is 15.1 Å². The van der Waals surface area contributed by atoms with Crippen LogP contribution < -0.4 is 5.32 Å². The van der Waals surface area contributed by atoms with Gasteiger partial charge in [0.05, 0.1) is 22.3 Å². The Balaban J connectivity index is 1.57. The summed E-state index contributed by atoms with van der Waals surface area (Å²) in [5, 5.41) is 11.7. The van der Waals surface area contributed by atoms with Crippen LogP contribution in [-0.4, -0.2) is 71.2 Å². The van der Waals surface area contributed by atoms with Gasteiger partial charge in [-0.05, 0) is 44.3 Å². The fraction of sp³-hybridized carbons (Fsp3) is 0.276. The Labute approximate surface area is 211 Å². The number of carbonyl (C=O) groups is 1. The van der Waals surface area contributed by atoms with Gasteiger partial charge in [-0.3, -0.25) is 9.89 Å². The molecule has 36 heavy (non-hydrogen) atoms. The molecule has 3 heterocycles. The van der Waals surface area contributed by atoms with E-state index in [-0.39, 0.29) is 5.91 Å². The van der Waals surface area contributed by atoms with Crippen LogP contribution in [0, 0.1) is 6.92 Å². The number of pyridine rings is 1. The van der Waals surface area contributed by atoms with Crippen molar-refractivity contribution in [2.75, 3.05) is 40.3 Å². The Hall–Kier alpha value is -3.81. The molecule has 2 N–H and O–H groups in total. The lowest BCUT2D eigenvalue weighted by Gasteiger charge is -2.27. The first-order valence-corrected chi connectivity index (χ1v) is 12.4. The third kappa shape index (κ3) is 5.22. The van der Waals surface area contributed by atoms with Gasteiger partial charge in [0.2, 0.25) is 0 Å². The molecule has 1 aliphatic rings. The summed E-state index contributed by atoms with van der Waals surface area (Å²) in [6, 6.07) is 18.6. The highest BCUT2D eigenvalue weighted by molar-refractivity contribution is 6.09. The Morgan fingerprint density at radius 3 is 2.58 bits per heavy atom. The van der Waals surface area contributed by atoms with Crippen molar-refractivity contribution in [3.05, 3.63) is 82.5 Å². The van der Waals surface area contributed by atoms with Crippen LogP contribution in [0.5, 0.6) is 0 Å². The van der Waals surface area contributed by atoms with Crippen molar-refractivity contribution in [1.82, 2.24) is 30.3 Å². The topological polar surface area (TPSA) is 77.2 Å². The lowest BCUT2D eigenvalue weighted by Crippen LogP contribution is -2.46. The number of rotatable bonds is 6. The van der Waals surface area contributed by atoms with Gasteiger partial charge in [0, 0.05) is 38.3 Å². The number of hydrogen-bond acceptors (Lipinski definition) is 5. The quantitative estimate of drug-likeness (QED) is 0.432. The van der Waals surface area contributed by atoms with Gasteiger partial charge in [0.1, 0.15) is 0 Å². The first kappa shape index (κ1) is 23.9. The van der Waals surface area contributed by atoms with E-state index in [9.17, 15) is 4.79 Å². The number of amides is 1. The summed E-state index contributed by atoms with van der Waals surface area (Å²) in [5.74, 6) is 0.0151. The van der Waals surface area contributed by atoms with Gasteiger partial charge in [-0.2, -0.15) is 5.10 Å². The summed E-state index contributed by atoms with van der Waals surface area (Å²) >= 11 is 0. The van der Waals surface area contributed by atoms with Crippen molar-refractivity contribution in [3.63, 3.8) is 0 Å². The third-order valence-electron chi connectivity index (χ3n) is 6.43. The lowest BCUT2D eigenvalue weighted by atomic mass is 10.0. The van der Waals surface area contributed by atoms with E-state index in [0.717, 1.165) is 47.5 Å². The molecule has 0 saturated carbocycles. The highest BCUT2D eigenvalue weighted by Crippen LogP contribution is 2.28. The number of carbonyl (C=O) groups excluding carboxylic acids is 1. The smallest absolute Gasteiger partial charge is 0.254 e. The van der Waals surface area contributed by atoms with Crippen molar-refractivity contribution < 1.29 is 4.79 Å². The summed E-state index contributed by atoms with van der Waals surface area (Å²) in [5.41, 5.74) is 7.20. The minimum absolute atomic E-state index is 0.0151. The summed E-state index contributed by atoms with van der Waals surface area (Å²) in [4.78, 5) is 22.6. The average Bonchev–Trinajstić information content (AvgIpc) is 3.30. The molecule has 0 unspecified atom stereocenters. The number of nitrogens with one attached hydrogen (secondary N) is 2. The second kappa shape index (κ2) is 10.4. The minimum atomic E-state index is 0.0151. The molecule has 2 aromatic heterocycles. The van der Waals surface area contributed by atoms with Crippen molar-refractivity contribution in [2.24, 2.45) is 0 Å². The molecule has 0 radical (unpaired) electrons. The molecule has 1 aliphatic heterocycles. The standard InChI is InChI=1S/C29H32N6O/c1-20-7-10-23(11-8-20)26-18-24(29(36)35-15-13-30-14-16-35)27-25(32-33-28(27)31-26)12-9-21-5-4-6-22(17-21)19-34(2)3/h4-12,17-18,30H,13-16,19H2,1-3H3,(H,31,32,33)/b12-9+. The Morgan fingerprint density at radius 1 is 1.06 bits per heavy atom. The number of piperazine rings is 1. The van der Waals surface area contributed by atoms with Crippen molar-refractivity contribution in [3.8, 4) is 11.3 Å². The predicted molar refractivity (Wildman–Crippen MR) is 146 cm³/mol. The molecule has 0 aliphatic carbocycles. The van der Waals surface area contributed by atoms with E-state index >= 15 is 0 Å². The fourth-order valence-corrected chi connectivity index (χ4v) is 4.59. The average molecular weight is 481 g/mol. The van der Waals surface area contributed by atoms with Gasteiger partial charge in [0.25, 0.3) is 5.91 Å². The van der Waals surface area contributed by atoms with Gasteiger partial charge in [-0.15, -0.1) is 0 Å². The molecule has 7 nitrogen and oxygen atoms in total. The fourth-order valence-electron chi connectivity index (χ4n) is 4.59. The molecular weight excluding hydrogens is 448 g/mol. The van der Waals surface area contributed by atoms with Gasteiger partial charge in [0.15, 0.2) is 5.65 Å². The number of aryl methyl sites for hydroxylation is 1. The minimum Gasteiger partial charge on any atom is -0.336 e. The molecule has 4 aromatic rings. The maximum Gasteiger partial charge on any atom is 0.254 e. The number of aromatic amines is 1. The van der Waals surface area contributed by atoms with Crippen LogP contribution in [0.15, 0.2) is 54.6 Å². The first-order valence-electron chi connectivity index (χ1n) is 12.4. The Morgan fingerprint density at radius 2 is 1.83 bits per heavy atom. The largest absolute Gasteiger partial charge is 0.336 e. The van der Waals surface area contributed by atoms with Crippen LogP contribution in [0.1, 0.15) is 32.7 Å². The Kier molecular flexibility index (Phi) is 6.93. The van der Waals surface area contributed by atoms with Crippen LogP contribution in [-0.2, 0) is 6.54 Å². The first-order chi connectivity index (χ1) is 17.5. The van der Waals surface area contributed by atoms with Crippen LogP contribution >= 0.6 is 0 Å². The van der Waals surface area contributed by atoms with Crippen LogP contribution in [0.25, 0.3) is 34.4 Å². The second-order valence-corrected chi connectivity index (χ2v) is 9.62. The molecule has 1 amide bonds. The zero-order valence-electron chi connectivity index (χ0n) is 21.1. The molecule has 2 aromatic carbocycles. The van der Waals surface area contributed by atoms with Crippen molar-refractivity contribution in [2.45, 2.75) is 13.5 Å². The summed E-state index contributed by atoms with van der Waals surface area (Å²) in [6.45, 7) is 5.90. The van der Waals surface area contributed by atoms with E-state index < -0.39 is 0 Å². The third-order valence-corrected chi connectivity index (χ3v) is 6.43. The number of hydrogen-bond donors (Lipinski definition) is 2. The molecular formula is C29H32N6O. The zero-order valence-corrected chi connectivity index (χ0v) is 21.1. The predicted octanol–water partition coefficient (Wildman–Crippen LogP) is 4.21. The molecule has 1 saturated heterocycles.